The number of thiazole rings is 1. The zero-order valence-corrected chi connectivity index (χ0v) is 22.6. The van der Waals surface area contributed by atoms with Crippen LogP contribution in [0.2, 0.25) is 0 Å². The van der Waals surface area contributed by atoms with E-state index >= 15 is 0 Å². The van der Waals surface area contributed by atoms with E-state index in [2.05, 4.69) is 26.0 Å². The van der Waals surface area contributed by atoms with E-state index in [9.17, 15) is 13.2 Å². The summed E-state index contributed by atoms with van der Waals surface area (Å²) < 4.78 is 28.9. The summed E-state index contributed by atoms with van der Waals surface area (Å²) in [5.41, 5.74) is 3.70. The third-order valence-corrected chi connectivity index (χ3v) is 9.50. The van der Waals surface area contributed by atoms with E-state index in [-0.39, 0.29) is 10.8 Å². The summed E-state index contributed by atoms with van der Waals surface area (Å²) in [5.74, 6) is -0.182. The van der Waals surface area contributed by atoms with Gasteiger partial charge in [-0.15, -0.1) is 0 Å². The number of aromatic nitrogens is 1. The van der Waals surface area contributed by atoms with Crippen molar-refractivity contribution >= 4 is 42.6 Å². The highest BCUT2D eigenvalue weighted by atomic mass is 32.2. The Morgan fingerprint density at radius 3 is 2.23 bits per heavy atom. The van der Waals surface area contributed by atoms with E-state index in [1.54, 1.807) is 33.5 Å². The highest BCUT2D eigenvalue weighted by Crippen LogP contribution is 2.32. The molecule has 3 aromatic rings. The summed E-state index contributed by atoms with van der Waals surface area (Å²) in [5, 5.41) is 0.651. The predicted octanol–water partition coefficient (Wildman–Crippen LogP) is 4.69. The quantitative estimate of drug-likeness (QED) is 0.458. The Hall–Kier alpha value is -2.33. The third-order valence-electron chi connectivity index (χ3n) is 6.54. The summed E-state index contributed by atoms with van der Waals surface area (Å²) in [6.45, 7) is 6.41. The van der Waals surface area contributed by atoms with Gasteiger partial charge in [0.1, 0.15) is 0 Å². The van der Waals surface area contributed by atoms with Crippen LogP contribution in [0.15, 0.2) is 41.3 Å². The van der Waals surface area contributed by atoms with Gasteiger partial charge in [-0.05, 0) is 88.3 Å². The van der Waals surface area contributed by atoms with Gasteiger partial charge in [0, 0.05) is 31.7 Å². The fraction of sp³-hybridized carbons (Fsp3) is 0.462. The maximum absolute atomic E-state index is 13.6. The summed E-state index contributed by atoms with van der Waals surface area (Å²) in [7, 11) is 0.381. The van der Waals surface area contributed by atoms with Crippen molar-refractivity contribution in [2.24, 2.45) is 0 Å². The zero-order chi connectivity index (χ0) is 25.2. The lowest BCUT2D eigenvalue weighted by Gasteiger charge is -2.22. The third kappa shape index (κ3) is 5.74. The van der Waals surface area contributed by atoms with Crippen LogP contribution in [0.1, 0.15) is 47.2 Å². The second-order valence-corrected chi connectivity index (χ2v) is 12.5. The van der Waals surface area contributed by atoms with Crippen molar-refractivity contribution in [1.29, 1.82) is 0 Å². The van der Waals surface area contributed by atoms with Crippen LogP contribution in [-0.2, 0) is 10.0 Å². The number of sulfonamides is 1. The highest BCUT2D eigenvalue weighted by Gasteiger charge is 2.26. The Labute approximate surface area is 212 Å². The summed E-state index contributed by atoms with van der Waals surface area (Å²) in [6, 6.07) is 10.5. The van der Waals surface area contributed by atoms with Gasteiger partial charge in [-0.2, -0.15) is 4.31 Å². The molecule has 1 fully saturated rings. The molecule has 2 heterocycles. The number of carbonyl (C=O) groups excluding carboxylic acids is 1. The van der Waals surface area contributed by atoms with Gasteiger partial charge < -0.3 is 4.90 Å². The Morgan fingerprint density at radius 2 is 1.60 bits per heavy atom. The van der Waals surface area contributed by atoms with Gasteiger partial charge in [0.15, 0.2) is 5.13 Å². The number of nitrogens with zero attached hydrogens (tertiary/aromatic N) is 4. The molecule has 1 aromatic heterocycles. The molecule has 0 atom stereocenters. The monoisotopic (exact) mass is 514 g/mol. The van der Waals surface area contributed by atoms with E-state index in [0.29, 0.717) is 36.9 Å². The molecule has 0 spiro atoms. The highest BCUT2D eigenvalue weighted by molar-refractivity contribution is 7.89. The first kappa shape index (κ1) is 25.8. The fourth-order valence-corrected chi connectivity index (χ4v) is 6.81. The number of rotatable bonds is 7. The molecular weight excluding hydrogens is 480 g/mol. The lowest BCUT2D eigenvalue weighted by molar-refractivity contribution is 0.0985. The van der Waals surface area contributed by atoms with Crippen molar-refractivity contribution < 1.29 is 13.2 Å². The predicted molar refractivity (Wildman–Crippen MR) is 143 cm³/mol. The smallest absolute Gasteiger partial charge is 0.260 e. The van der Waals surface area contributed by atoms with Gasteiger partial charge in [0.25, 0.3) is 5.91 Å². The summed E-state index contributed by atoms with van der Waals surface area (Å²) in [6.07, 6.45) is 3.90. The number of benzene rings is 2. The van der Waals surface area contributed by atoms with Crippen molar-refractivity contribution in [2.45, 2.75) is 44.4 Å². The second-order valence-electron chi connectivity index (χ2n) is 9.50. The van der Waals surface area contributed by atoms with E-state index in [4.69, 9.17) is 4.98 Å². The van der Waals surface area contributed by atoms with Gasteiger partial charge in [-0.1, -0.05) is 24.2 Å². The minimum atomic E-state index is -3.56. The Bertz CT molecular complexity index is 1250. The summed E-state index contributed by atoms with van der Waals surface area (Å²) in [4.78, 5) is 22.3. The summed E-state index contributed by atoms with van der Waals surface area (Å²) >= 11 is 1.50. The number of carbonyl (C=O) groups is 1. The second kappa shape index (κ2) is 10.7. The molecule has 1 saturated heterocycles. The number of fused-ring (bicyclic) bond motifs is 1. The molecule has 0 N–H and O–H groups in total. The van der Waals surface area contributed by atoms with Crippen molar-refractivity contribution in [1.82, 2.24) is 14.2 Å². The number of likely N-dealkylation sites (N-methyl/N-ethyl adjacent to an activating group) is 1. The molecule has 0 unspecified atom stereocenters. The number of anilines is 1. The average Bonchev–Trinajstić information content (AvgIpc) is 3.03. The lowest BCUT2D eigenvalue weighted by atomic mass is 10.1. The molecule has 0 bridgehead atoms. The number of hydrogen-bond acceptors (Lipinski definition) is 6. The van der Waals surface area contributed by atoms with E-state index < -0.39 is 10.0 Å². The maximum Gasteiger partial charge on any atom is 0.260 e. The molecule has 0 radical (unpaired) electrons. The molecular formula is C26H34N4O3S2. The van der Waals surface area contributed by atoms with Crippen LogP contribution >= 0.6 is 11.3 Å². The minimum Gasteiger partial charge on any atom is -0.308 e. The van der Waals surface area contributed by atoms with Crippen LogP contribution in [0.4, 0.5) is 5.13 Å². The van der Waals surface area contributed by atoms with E-state index in [1.807, 2.05) is 19.0 Å². The molecule has 188 valence electrons. The molecule has 4 rings (SSSR count). The van der Waals surface area contributed by atoms with Crippen LogP contribution < -0.4 is 4.90 Å². The molecule has 7 nitrogen and oxygen atoms in total. The first-order valence-corrected chi connectivity index (χ1v) is 14.4. The largest absolute Gasteiger partial charge is 0.308 e. The zero-order valence-electron chi connectivity index (χ0n) is 21.0. The first-order chi connectivity index (χ1) is 16.7. The van der Waals surface area contributed by atoms with Crippen LogP contribution in [0.25, 0.3) is 10.2 Å². The molecule has 35 heavy (non-hydrogen) atoms. The van der Waals surface area contributed by atoms with Gasteiger partial charge in [-0.25, -0.2) is 13.4 Å². The Kier molecular flexibility index (Phi) is 7.90. The van der Waals surface area contributed by atoms with Crippen molar-refractivity contribution in [2.75, 3.05) is 45.2 Å². The van der Waals surface area contributed by atoms with Gasteiger partial charge in [-0.3, -0.25) is 9.69 Å². The molecule has 0 aliphatic carbocycles. The van der Waals surface area contributed by atoms with E-state index in [0.717, 1.165) is 35.9 Å². The van der Waals surface area contributed by atoms with E-state index in [1.165, 1.54) is 22.5 Å². The fourth-order valence-electron chi connectivity index (χ4n) is 4.22. The maximum atomic E-state index is 13.6. The first-order valence-electron chi connectivity index (χ1n) is 12.1. The molecule has 1 amide bonds. The van der Waals surface area contributed by atoms with Crippen LogP contribution in [0, 0.1) is 13.8 Å². The number of amides is 1. The van der Waals surface area contributed by atoms with Crippen molar-refractivity contribution in [3.05, 3.63) is 53.1 Å². The van der Waals surface area contributed by atoms with Crippen LogP contribution in [0.3, 0.4) is 0 Å². The van der Waals surface area contributed by atoms with Crippen LogP contribution in [0.5, 0.6) is 0 Å². The minimum absolute atomic E-state index is 0.182. The van der Waals surface area contributed by atoms with Gasteiger partial charge >= 0.3 is 0 Å². The SMILES string of the molecule is Cc1cc2nc(N(CCN(C)C)C(=O)c3ccc(S(=O)(=O)N4CCCCCC4)cc3)sc2cc1C. The number of aryl methyl sites for hydroxylation is 2. The standard InChI is InChI=1S/C26H34N4O3S2/c1-19-17-23-24(18-20(19)2)34-26(27-23)30(16-15-28(3)4)25(31)21-9-11-22(12-10-21)35(32,33)29-13-7-5-6-8-14-29/h9-12,17-18H,5-8,13-16H2,1-4H3. The van der Waals surface area contributed by atoms with Crippen molar-refractivity contribution in [3.63, 3.8) is 0 Å². The average molecular weight is 515 g/mol. The molecule has 1 aliphatic rings. The normalized spacial score (nSPS) is 15.5. The Balaban J connectivity index is 1.62. The molecule has 0 saturated carbocycles. The Morgan fingerprint density at radius 1 is 0.971 bits per heavy atom. The van der Waals surface area contributed by atoms with Gasteiger partial charge in [0.2, 0.25) is 10.0 Å². The van der Waals surface area contributed by atoms with Crippen LogP contribution in [-0.4, -0.2) is 68.8 Å². The van der Waals surface area contributed by atoms with Gasteiger partial charge in [0.05, 0.1) is 15.1 Å². The molecule has 1 aliphatic heterocycles. The molecule has 2 aromatic carbocycles. The lowest BCUT2D eigenvalue weighted by Crippen LogP contribution is -2.36. The number of hydrogen-bond donors (Lipinski definition) is 0. The molecule has 9 heteroatoms. The van der Waals surface area contributed by atoms with Crippen molar-refractivity contribution in [3.8, 4) is 0 Å². The topological polar surface area (TPSA) is 73.8 Å².